The van der Waals surface area contributed by atoms with E-state index in [-0.39, 0.29) is 6.42 Å². The first-order valence-corrected chi connectivity index (χ1v) is 6.52. The van der Waals surface area contributed by atoms with Gasteiger partial charge in [0.25, 0.3) is 5.91 Å². The second-order valence-corrected chi connectivity index (χ2v) is 5.46. The summed E-state index contributed by atoms with van der Waals surface area (Å²) in [4.78, 5) is 29.9. The molecule has 0 fully saturated rings. The summed E-state index contributed by atoms with van der Waals surface area (Å²) < 4.78 is 0.477. The molecule has 6 nitrogen and oxygen atoms in total. The Kier molecular flexibility index (Phi) is 4.18. The normalized spacial score (nSPS) is 12.1. The van der Waals surface area contributed by atoms with Gasteiger partial charge in [0.2, 0.25) is 0 Å². The average molecular weight is 300 g/mol. The lowest BCUT2D eigenvalue weighted by molar-refractivity contribution is -0.139. The highest BCUT2D eigenvalue weighted by molar-refractivity contribution is 7.18. The van der Waals surface area contributed by atoms with E-state index in [0.717, 1.165) is 11.3 Å². The minimum Gasteiger partial charge on any atom is -0.480 e. The van der Waals surface area contributed by atoms with Crippen LogP contribution in [0.2, 0.25) is 4.34 Å². The van der Waals surface area contributed by atoms with Gasteiger partial charge < -0.3 is 15.4 Å². The molecule has 0 saturated heterocycles. The van der Waals surface area contributed by atoms with Crippen LogP contribution in [-0.4, -0.2) is 33.0 Å². The molecule has 0 radical (unpaired) electrons. The van der Waals surface area contributed by atoms with Gasteiger partial charge in [-0.25, -0.2) is 9.78 Å². The van der Waals surface area contributed by atoms with E-state index < -0.39 is 17.9 Å². The molecule has 0 aromatic carbocycles. The van der Waals surface area contributed by atoms with Crippen molar-refractivity contribution in [2.24, 2.45) is 0 Å². The van der Waals surface area contributed by atoms with Gasteiger partial charge in [0, 0.05) is 18.3 Å². The number of aromatic amines is 1. The van der Waals surface area contributed by atoms with Gasteiger partial charge >= 0.3 is 5.97 Å². The lowest BCUT2D eigenvalue weighted by atomic mass is 10.1. The van der Waals surface area contributed by atoms with Gasteiger partial charge in [0.05, 0.1) is 15.5 Å². The molecule has 2 rings (SSSR count). The van der Waals surface area contributed by atoms with Crippen LogP contribution in [0.25, 0.3) is 0 Å². The van der Waals surface area contributed by atoms with Gasteiger partial charge in [-0.3, -0.25) is 4.79 Å². The highest BCUT2D eigenvalue weighted by Gasteiger charge is 2.22. The van der Waals surface area contributed by atoms with E-state index in [9.17, 15) is 9.59 Å². The van der Waals surface area contributed by atoms with Gasteiger partial charge in [0.1, 0.15) is 6.04 Å². The number of amides is 1. The van der Waals surface area contributed by atoms with E-state index in [1.807, 2.05) is 0 Å². The van der Waals surface area contributed by atoms with Crippen molar-refractivity contribution in [3.63, 3.8) is 0 Å². The molecule has 1 atom stereocenters. The molecule has 0 unspecified atom stereocenters. The zero-order valence-corrected chi connectivity index (χ0v) is 11.2. The fourth-order valence-electron chi connectivity index (χ4n) is 1.48. The van der Waals surface area contributed by atoms with Crippen LogP contribution in [0.3, 0.4) is 0 Å². The maximum atomic E-state index is 11.9. The predicted octanol–water partition coefficient (Wildman–Crippen LogP) is 1.55. The molecule has 2 aromatic heterocycles. The molecule has 19 heavy (non-hydrogen) atoms. The standard InChI is InChI=1S/C11H10ClN3O3S/c12-9-2-1-8(19-9)10(16)15-7(11(17)18)3-6-4-13-5-14-6/h1-2,4-5,7H,3H2,(H,13,14)(H,15,16)(H,17,18)/t7-/m1/s1. The lowest BCUT2D eigenvalue weighted by Crippen LogP contribution is -2.42. The molecule has 100 valence electrons. The van der Waals surface area contributed by atoms with E-state index in [4.69, 9.17) is 16.7 Å². The zero-order chi connectivity index (χ0) is 13.8. The summed E-state index contributed by atoms with van der Waals surface area (Å²) in [5.41, 5.74) is 0.636. The van der Waals surface area contributed by atoms with Crippen molar-refractivity contribution in [1.29, 1.82) is 0 Å². The minimum absolute atomic E-state index is 0.139. The summed E-state index contributed by atoms with van der Waals surface area (Å²) in [6.07, 6.45) is 3.11. The molecule has 0 aliphatic heterocycles. The summed E-state index contributed by atoms with van der Waals surface area (Å²) in [6.45, 7) is 0. The molecule has 0 saturated carbocycles. The van der Waals surface area contributed by atoms with Gasteiger partial charge in [-0.1, -0.05) is 11.6 Å². The van der Waals surface area contributed by atoms with Crippen molar-refractivity contribution in [2.45, 2.75) is 12.5 Å². The molecule has 3 N–H and O–H groups in total. The molecule has 2 aromatic rings. The first kappa shape index (κ1) is 13.6. The molecule has 2 heterocycles. The molecule has 8 heteroatoms. The number of carbonyl (C=O) groups excluding carboxylic acids is 1. The topological polar surface area (TPSA) is 95.1 Å². The highest BCUT2D eigenvalue weighted by atomic mass is 35.5. The number of hydrogen-bond acceptors (Lipinski definition) is 4. The number of aliphatic carboxylic acids is 1. The van der Waals surface area contributed by atoms with Gasteiger partial charge in [-0.05, 0) is 12.1 Å². The van der Waals surface area contributed by atoms with Crippen LogP contribution in [0.1, 0.15) is 15.4 Å². The summed E-state index contributed by atoms with van der Waals surface area (Å²) in [6, 6.07) is 2.12. The fraction of sp³-hybridized carbons (Fsp3) is 0.182. The Hall–Kier alpha value is -1.86. The number of carboxylic acids is 1. The number of thiophene rings is 1. The van der Waals surface area contributed by atoms with Crippen molar-refractivity contribution in [3.05, 3.63) is 39.6 Å². The zero-order valence-electron chi connectivity index (χ0n) is 9.59. The largest absolute Gasteiger partial charge is 0.480 e. The third-order valence-electron chi connectivity index (χ3n) is 2.38. The Labute approximate surface area is 117 Å². The number of aromatic nitrogens is 2. The van der Waals surface area contributed by atoms with E-state index in [1.165, 1.54) is 12.5 Å². The van der Waals surface area contributed by atoms with Crippen molar-refractivity contribution in [3.8, 4) is 0 Å². The van der Waals surface area contributed by atoms with Crippen molar-refractivity contribution in [2.75, 3.05) is 0 Å². The van der Waals surface area contributed by atoms with Crippen LogP contribution in [-0.2, 0) is 11.2 Å². The van der Waals surface area contributed by atoms with E-state index >= 15 is 0 Å². The molecule has 0 bridgehead atoms. The highest BCUT2D eigenvalue weighted by Crippen LogP contribution is 2.21. The average Bonchev–Trinajstić information content (AvgIpc) is 2.99. The maximum absolute atomic E-state index is 11.9. The number of halogens is 1. The number of nitrogens with zero attached hydrogens (tertiary/aromatic N) is 1. The summed E-state index contributed by atoms with van der Waals surface area (Å²) >= 11 is 6.83. The molecule has 0 spiro atoms. The van der Waals surface area contributed by atoms with Crippen molar-refractivity contribution in [1.82, 2.24) is 15.3 Å². The SMILES string of the molecule is O=C(N[C@H](Cc1cnc[nH]1)C(=O)O)c1ccc(Cl)s1. The van der Waals surface area contributed by atoms with Gasteiger partial charge in [-0.15, -0.1) is 11.3 Å². The number of nitrogens with one attached hydrogen (secondary N) is 2. The summed E-state index contributed by atoms with van der Waals surface area (Å²) in [7, 11) is 0. The minimum atomic E-state index is -1.11. The predicted molar refractivity (Wildman–Crippen MR) is 70.5 cm³/mol. The summed E-state index contributed by atoms with van der Waals surface area (Å²) in [5.74, 6) is -1.56. The van der Waals surface area contributed by atoms with E-state index in [1.54, 1.807) is 12.1 Å². The first-order chi connectivity index (χ1) is 9.06. The van der Waals surface area contributed by atoms with Crippen LogP contribution in [0, 0.1) is 0 Å². The smallest absolute Gasteiger partial charge is 0.326 e. The Bertz CT molecular complexity index is 582. The fourth-order valence-corrected chi connectivity index (χ4v) is 2.43. The number of rotatable bonds is 5. The van der Waals surface area contributed by atoms with Gasteiger partial charge in [0.15, 0.2) is 0 Å². The maximum Gasteiger partial charge on any atom is 0.326 e. The van der Waals surface area contributed by atoms with Gasteiger partial charge in [-0.2, -0.15) is 0 Å². The number of carboxylic acid groups (broad SMARTS) is 1. The molecule has 0 aliphatic carbocycles. The van der Waals surface area contributed by atoms with Crippen molar-refractivity contribution < 1.29 is 14.7 Å². The number of hydrogen-bond donors (Lipinski definition) is 3. The quantitative estimate of drug-likeness (QED) is 0.780. The Morgan fingerprint density at radius 2 is 2.32 bits per heavy atom. The third kappa shape index (κ3) is 3.55. The molecular formula is C11H10ClN3O3S. The Morgan fingerprint density at radius 1 is 1.53 bits per heavy atom. The van der Waals surface area contributed by atoms with E-state index in [0.29, 0.717) is 14.9 Å². The van der Waals surface area contributed by atoms with Crippen molar-refractivity contribution >= 4 is 34.8 Å². The van der Waals surface area contributed by atoms with Crippen LogP contribution in [0.15, 0.2) is 24.7 Å². The monoisotopic (exact) mass is 299 g/mol. The van der Waals surface area contributed by atoms with Crippen LogP contribution < -0.4 is 5.32 Å². The Morgan fingerprint density at radius 3 is 2.84 bits per heavy atom. The lowest BCUT2D eigenvalue weighted by Gasteiger charge is -2.12. The number of H-pyrrole nitrogens is 1. The second-order valence-electron chi connectivity index (χ2n) is 3.75. The molecule has 1 amide bonds. The molecule has 0 aliphatic rings. The van der Waals surface area contributed by atoms with E-state index in [2.05, 4.69) is 15.3 Å². The second kappa shape index (κ2) is 5.85. The Balaban J connectivity index is 2.04. The third-order valence-corrected chi connectivity index (χ3v) is 3.61. The molecular weight excluding hydrogens is 290 g/mol. The summed E-state index contributed by atoms with van der Waals surface area (Å²) in [5, 5.41) is 11.6. The first-order valence-electron chi connectivity index (χ1n) is 5.32. The van der Waals surface area contributed by atoms with Crippen LogP contribution in [0.5, 0.6) is 0 Å². The number of carbonyl (C=O) groups is 2. The van der Waals surface area contributed by atoms with Crippen LogP contribution in [0.4, 0.5) is 0 Å². The van der Waals surface area contributed by atoms with Crippen LogP contribution >= 0.6 is 22.9 Å². The number of imidazole rings is 1.